The van der Waals surface area contributed by atoms with Crippen molar-refractivity contribution in [2.75, 3.05) is 0 Å². The molecule has 3 nitrogen and oxygen atoms in total. The SMILES string of the molecule is CCCCC(=O)C=CC=CCCCCCCCC(=O)O. The zero-order valence-corrected chi connectivity index (χ0v) is 12.6. The van der Waals surface area contributed by atoms with Gasteiger partial charge in [0, 0.05) is 12.8 Å². The number of carbonyl (C=O) groups is 2. The van der Waals surface area contributed by atoms with E-state index in [-0.39, 0.29) is 12.2 Å². The Bertz CT molecular complexity index is 316. The number of rotatable bonds is 13. The molecule has 0 amide bonds. The summed E-state index contributed by atoms with van der Waals surface area (Å²) in [5.74, 6) is -0.497. The van der Waals surface area contributed by atoms with Crippen molar-refractivity contribution in [1.82, 2.24) is 0 Å². The molecular weight excluding hydrogens is 252 g/mol. The van der Waals surface area contributed by atoms with Gasteiger partial charge in [0.2, 0.25) is 0 Å². The third-order valence-corrected chi connectivity index (χ3v) is 3.07. The minimum atomic E-state index is -0.701. The molecule has 0 aliphatic heterocycles. The van der Waals surface area contributed by atoms with E-state index >= 15 is 0 Å². The number of aliphatic carboxylic acids is 1. The Kier molecular flexibility index (Phi) is 13.1. The third-order valence-electron chi connectivity index (χ3n) is 3.07. The van der Waals surface area contributed by atoms with E-state index in [0.29, 0.717) is 6.42 Å². The van der Waals surface area contributed by atoms with Gasteiger partial charge in [-0.3, -0.25) is 9.59 Å². The van der Waals surface area contributed by atoms with Crippen LogP contribution >= 0.6 is 0 Å². The molecule has 0 rings (SSSR count). The van der Waals surface area contributed by atoms with Crippen LogP contribution in [0.5, 0.6) is 0 Å². The standard InChI is InChI=1S/C17H28O3/c1-2-3-13-16(18)14-11-9-7-5-4-6-8-10-12-15-17(19)20/h7,9,11,14H,2-6,8,10,12-13,15H2,1H3,(H,19,20). The van der Waals surface area contributed by atoms with Crippen LogP contribution in [-0.2, 0) is 9.59 Å². The van der Waals surface area contributed by atoms with Crippen LogP contribution in [0.25, 0.3) is 0 Å². The van der Waals surface area contributed by atoms with Crippen LogP contribution in [0.2, 0.25) is 0 Å². The molecule has 0 atom stereocenters. The van der Waals surface area contributed by atoms with Crippen molar-refractivity contribution in [2.24, 2.45) is 0 Å². The number of allylic oxidation sites excluding steroid dienone is 4. The van der Waals surface area contributed by atoms with E-state index in [1.807, 2.05) is 12.2 Å². The Morgan fingerprint density at radius 1 is 0.900 bits per heavy atom. The van der Waals surface area contributed by atoms with Gasteiger partial charge < -0.3 is 5.11 Å². The molecule has 0 aromatic carbocycles. The van der Waals surface area contributed by atoms with Crippen LogP contribution in [-0.4, -0.2) is 16.9 Å². The molecule has 0 fully saturated rings. The number of hydrogen-bond acceptors (Lipinski definition) is 2. The van der Waals surface area contributed by atoms with Gasteiger partial charge in [-0.25, -0.2) is 0 Å². The predicted octanol–water partition coefficient (Wildman–Crippen LogP) is 4.67. The second-order valence-corrected chi connectivity index (χ2v) is 5.06. The highest BCUT2D eigenvalue weighted by Crippen LogP contribution is 2.07. The molecule has 1 N–H and O–H groups in total. The first kappa shape index (κ1) is 18.6. The van der Waals surface area contributed by atoms with Gasteiger partial charge in [0.25, 0.3) is 0 Å². The van der Waals surface area contributed by atoms with Crippen molar-refractivity contribution in [3.8, 4) is 0 Å². The highest BCUT2D eigenvalue weighted by Gasteiger charge is 1.96. The lowest BCUT2D eigenvalue weighted by molar-refractivity contribution is -0.137. The Balaban J connectivity index is 3.37. The summed E-state index contributed by atoms with van der Waals surface area (Å²) in [5, 5.41) is 8.48. The summed E-state index contributed by atoms with van der Waals surface area (Å²) in [6.45, 7) is 2.08. The number of hydrogen-bond donors (Lipinski definition) is 1. The van der Waals surface area contributed by atoms with Crippen LogP contribution in [0.4, 0.5) is 0 Å². The molecule has 114 valence electrons. The van der Waals surface area contributed by atoms with Crippen LogP contribution in [0.15, 0.2) is 24.3 Å². The van der Waals surface area contributed by atoms with E-state index < -0.39 is 5.97 Å². The fourth-order valence-corrected chi connectivity index (χ4v) is 1.84. The van der Waals surface area contributed by atoms with Crippen LogP contribution in [0.3, 0.4) is 0 Å². The van der Waals surface area contributed by atoms with Crippen molar-refractivity contribution in [3.63, 3.8) is 0 Å². The minimum absolute atomic E-state index is 0.204. The summed E-state index contributed by atoms with van der Waals surface area (Å²) in [7, 11) is 0. The van der Waals surface area contributed by atoms with Gasteiger partial charge in [0.1, 0.15) is 0 Å². The largest absolute Gasteiger partial charge is 0.481 e. The van der Waals surface area contributed by atoms with Crippen molar-refractivity contribution in [1.29, 1.82) is 0 Å². The quantitative estimate of drug-likeness (QED) is 0.303. The maximum atomic E-state index is 11.3. The molecule has 0 radical (unpaired) electrons. The van der Waals surface area contributed by atoms with Gasteiger partial charge in [-0.2, -0.15) is 0 Å². The van der Waals surface area contributed by atoms with E-state index in [0.717, 1.165) is 51.4 Å². The zero-order valence-electron chi connectivity index (χ0n) is 12.6. The number of carboxylic acids is 1. The summed E-state index contributed by atoms with van der Waals surface area (Å²) in [6.07, 6.45) is 16.6. The van der Waals surface area contributed by atoms with Crippen molar-refractivity contribution in [2.45, 2.75) is 71.1 Å². The second kappa shape index (κ2) is 14.0. The van der Waals surface area contributed by atoms with Gasteiger partial charge in [0.15, 0.2) is 5.78 Å². The molecule has 0 aromatic rings. The molecule has 0 unspecified atom stereocenters. The number of unbranched alkanes of at least 4 members (excludes halogenated alkanes) is 6. The van der Waals surface area contributed by atoms with E-state index in [1.54, 1.807) is 6.08 Å². The van der Waals surface area contributed by atoms with E-state index in [2.05, 4.69) is 13.0 Å². The van der Waals surface area contributed by atoms with Gasteiger partial charge in [0.05, 0.1) is 0 Å². The molecule has 20 heavy (non-hydrogen) atoms. The fraction of sp³-hybridized carbons (Fsp3) is 0.647. The fourth-order valence-electron chi connectivity index (χ4n) is 1.84. The van der Waals surface area contributed by atoms with Gasteiger partial charge in [-0.15, -0.1) is 0 Å². The van der Waals surface area contributed by atoms with Crippen molar-refractivity contribution < 1.29 is 14.7 Å². The minimum Gasteiger partial charge on any atom is -0.481 e. The summed E-state index contributed by atoms with van der Waals surface area (Å²) < 4.78 is 0. The first-order chi connectivity index (χ1) is 9.66. The maximum Gasteiger partial charge on any atom is 0.303 e. The molecule has 0 aliphatic rings. The third kappa shape index (κ3) is 14.7. The smallest absolute Gasteiger partial charge is 0.303 e. The normalized spacial score (nSPS) is 11.4. The monoisotopic (exact) mass is 280 g/mol. The molecular formula is C17H28O3. The van der Waals surface area contributed by atoms with Gasteiger partial charge in [-0.05, 0) is 31.8 Å². The second-order valence-electron chi connectivity index (χ2n) is 5.06. The average Bonchev–Trinajstić information content (AvgIpc) is 2.42. The summed E-state index contributed by atoms with van der Waals surface area (Å²) >= 11 is 0. The van der Waals surface area contributed by atoms with Crippen molar-refractivity contribution in [3.05, 3.63) is 24.3 Å². The summed E-state index contributed by atoms with van der Waals surface area (Å²) in [5.41, 5.74) is 0. The predicted molar refractivity (Wildman–Crippen MR) is 82.8 cm³/mol. The number of carbonyl (C=O) groups excluding carboxylic acids is 1. The number of ketones is 1. The van der Waals surface area contributed by atoms with Gasteiger partial charge in [-0.1, -0.05) is 50.8 Å². The van der Waals surface area contributed by atoms with Crippen LogP contribution < -0.4 is 0 Å². The van der Waals surface area contributed by atoms with E-state index in [4.69, 9.17) is 5.11 Å². The Morgan fingerprint density at radius 3 is 2.30 bits per heavy atom. The van der Waals surface area contributed by atoms with Crippen LogP contribution in [0.1, 0.15) is 71.1 Å². The Labute approximate surface area is 122 Å². The van der Waals surface area contributed by atoms with Gasteiger partial charge >= 0.3 is 5.97 Å². The summed E-state index contributed by atoms with van der Waals surface area (Å²) in [4.78, 5) is 21.6. The average molecular weight is 280 g/mol. The summed E-state index contributed by atoms with van der Waals surface area (Å²) in [6, 6.07) is 0. The lowest BCUT2D eigenvalue weighted by atomic mass is 10.1. The zero-order chi connectivity index (χ0) is 15.1. The Morgan fingerprint density at radius 2 is 1.60 bits per heavy atom. The molecule has 0 heterocycles. The van der Waals surface area contributed by atoms with E-state index in [1.165, 1.54) is 0 Å². The first-order valence-corrected chi connectivity index (χ1v) is 7.74. The van der Waals surface area contributed by atoms with E-state index in [9.17, 15) is 9.59 Å². The number of carboxylic acid groups (broad SMARTS) is 1. The molecule has 0 spiro atoms. The Hall–Kier alpha value is -1.38. The topological polar surface area (TPSA) is 54.4 Å². The molecule has 0 aromatic heterocycles. The molecule has 0 aliphatic carbocycles. The molecule has 0 bridgehead atoms. The first-order valence-electron chi connectivity index (χ1n) is 7.74. The lowest BCUT2D eigenvalue weighted by Crippen LogP contribution is -1.93. The highest BCUT2D eigenvalue weighted by atomic mass is 16.4. The highest BCUT2D eigenvalue weighted by molar-refractivity contribution is 5.89. The lowest BCUT2D eigenvalue weighted by Gasteiger charge is -1.97. The van der Waals surface area contributed by atoms with Crippen LogP contribution in [0, 0.1) is 0 Å². The molecule has 0 saturated carbocycles. The maximum absolute atomic E-state index is 11.3. The molecule has 0 saturated heterocycles. The molecule has 3 heteroatoms. The van der Waals surface area contributed by atoms with Crippen molar-refractivity contribution >= 4 is 11.8 Å².